The van der Waals surface area contributed by atoms with Crippen molar-refractivity contribution < 1.29 is 45.4 Å². The molecule has 2 saturated carbocycles. The lowest BCUT2D eigenvalue weighted by Crippen LogP contribution is -2.57. The van der Waals surface area contributed by atoms with Gasteiger partial charge in [0.05, 0.1) is 30.5 Å². The fraction of sp³-hybridized carbons (Fsp3) is 0.514. The molecular formula is C35H39Cl2F3N6O7S2. The predicted octanol–water partition coefficient (Wildman–Crippen LogP) is 5.14. The van der Waals surface area contributed by atoms with Crippen molar-refractivity contribution in [3.05, 3.63) is 46.4 Å². The zero-order valence-corrected chi connectivity index (χ0v) is 32.6. The molecule has 20 heteroatoms. The molecule has 3 aromatic rings. The number of allylic oxidation sites excluding steroid dienone is 1. The van der Waals surface area contributed by atoms with E-state index < -0.39 is 74.5 Å². The highest BCUT2D eigenvalue weighted by Gasteiger charge is 2.62. The number of rotatable bonds is 7. The first-order valence-electron chi connectivity index (χ1n) is 17.6. The highest BCUT2D eigenvalue weighted by Crippen LogP contribution is 2.46. The lowest BCUT2D eigenvalue weighted by Gasteiger charge is -2.28. The van der Waals surface area contributed by atoms with Gasteiger partial charge in [-0.2, -0.15) is 13.2 Å². The van der Waals surface area contributed by atoms with Gasteiger partial charge in [0.1, 0.15) is 44.9 Å². The van der Waals surface area contributed by atoms with E-state index in [1.165, 1.54) is 18.1 Å². The SMILES string of the molecule is COc1ccc2c(O[C@@H]3C[C@H]4C(=O)N[C@]5(C(=O)NS(=O)(=O)C6CC6)C[C@H]5C=CCCCCC[C@H](N)C(=O)N4C3)cc(-c3nc(C(F)(F)F)cs3)nc2c1Cl.Cl. The van der Waals surface area contributed by atoms with Gasteiger partial charge in [-0.05, 0) is 50.7 Å². The van der Waals surface area contributed by atoms with Gasteiger partial charge < -0.3 is 25.4 Å². The number of fused-ring (bicyclic) bond motifs is 3. The van der Waals surface area contributed by atoms with Gasteiger partial charge in [0.15, 0.2) is 5.69 Å². The molecule has 13 nitrogen and oxygen atoms in total. The Morgan fingerprint density at radius 2 is 1.91 bits per heavy atom. The Kier molecular flexibility index (Phi) is 11.7. The quantitative estimate of drug-likeness (QED) is 0.270. The Morgan fingerprint density at radius 1 is 1.15 bits per heavy atom. The van der Waals surface area contributed by atoms with Crippen LogP contribution in [0.1, 0.15) is 63.5 Å². The van der Waals surface area contributed by atoms with Crippen molar-refractivity contribution in [3.8, 4) is 22.2 Å². The number of halogens is 5. The topological polar surface area (TPSA) is 183 Å². The van der Waals surface area contributed by atoms with Crippen molar-refractivity contribution in [2.45, 2.75) is 92.9 Å². The number of sulfonamides is 1. The van der Waals surface area contributed by atoms with Gasteiger partial charge >= 0.3 is 6.18 Å². The third-order valence-electron chi connectivity index (χ3n) is 10.3. The van der Waals surface area contributed by atoms with Crippen LogP contribution < -0.4 is 25.2 Å². The zero-order valence-electron chi connectivity index (χ0n) is 29.4. The number of ether oxygens (including phenoxy) is 2. The Hall–Kier alpha value is -3.71. The zero-order chi connectivity index (χ0) is 38.6. The molecule has 4 aliphatic rings. The molecule has 0 radical (unpaired) electrons. The Bertz CT molecular complexity index is 2130. The molecule has 2 aliphatic heterocycles. The minimum absolute atomic E-state index is 0. The molecule has 7 rings (SSSR count). The van der Waals surface area contributed by atoms with Crippen LogP contribution in [-0.2, 0) is 30.6 Å². The van der Waals surface area contributed by atoms with E-state index >= 15 is 0 Å². The number of thiazole rings is 1. The van der Waals surface area contributed by atoms with Gasteiger partial charge in [-0.15, -0.1) is 23.7 Å². The number of amides is 3. The summed E-state index contributed by atoms with van der Waals surface area (Å²) in [6.07, 6.45) is 2.58. The Balaban J connectivity index is 0.00000514. The van der Waals surface area contributed by atoms with E-state index in [2.05, 4.69) is 20.0 Å². The first-order valence-corrected chi connectivity index (χ1v) is 20.4. The molecule has 3 fully saturated rings. The number of pyridine rings is 1. The van der Waals surface area contributed by atoms with Gasteiger partial charge in [-0.25, -0.2) is 18.4 Å². The molecular weight excluding hydrogens is 808 g/mol. The molecule has 2 aliphatic carbocycles. The highest BCUT2D eigenvalue weighted by atomic mass is 35.5. The van der Waals surface area contributed by atoms with Gasteiger partial charge in [0, 0.05) is 29.2 Å². The van der Waals surface area contributed by atoms with Crippen LogP contribution in [0.15, 0.2) is 35.7 Å². The number of hydrogen-bond donors (Lipinski definition) is 3. The Morgan fingerprint density at radius 3 is 2.60 bits per heavy atom. The standard InChI is InChI=1S/C35H38ClF3N6O7S2.ClH/c1-51-25-12-11-21-26(14-23(41-29(21)28(25)36)31-42-27(17-53-31)35(37,38)39)52-19-13-24-30(46)43-34(33(48)44-54(49,50)20-9-10-20)15-18(34)7-5-3-2-4-6-8-22(40)32(47)45(24)16-19;/h5,7,11-12,14,17-20,22,24H,2-4,6,8-10,13,15-16,40H2,1H3,(H,43,46)(H,44,48);1H/t18-,19-,22+,24+,34-;/m1./s1. The summed E-state index contributed by atoms with van der Waals surface area (Å²) in [5, 5.41) is 3.44. The molecule has 0 unspecified atom stereocenters. The number of benzene rings is 1. The van der Waals surface area contributed by atoms with Crippen LogP contribution in [0.3, 0.4) is 0 Å². The summed E-state index contributed by atoms with van der Waals surface area (Å²) in [7, 11) is -2.52. The van der Waals surface area contributed by atoms with Gasteiger partial charge in [0.25, 0.3) is 5.91 Å². The number of carbonyl (C=O) groups excluding carboxylic acids is 3. The number of nitrogens with zero attached hydrogens (tertiary/aromatic N) is 3. The molecule has 4 heterocycles. The van der Waals surface area contributed by atoms with E-state index in [-0.39, 0.29) is 64.5 Å². The molecule has 55 heavy (non-hydrogen) atoms. The average molecular weight is 848 g/mol. The smallest absolute Gasteiger partial charge is 0.434 e. The first kappa shape index (κ1) is 40.9. The second-order valence-corrected chi connectivity index (χ2v) is 17.3. The molecule has 5 atom stereocenters. The summed E-state index contributed by atoms with van der Waals surface area (Å²) in [5.41, 5.74) is 3.95. The fourth-order valence-electron chi connectivity index (χ4n) is 7.02. The van der Waals surface area contributed by atoms with E-state index in [4.69, 9.17) is 26.8 Å². The number of methoxy groups -OCH3 is 1. The predicted molar refractivity (Wildman–Crippen MR) is 200 cm³/mol. The number of aromatic nitrogens is 2. The summed E-state index contributed by atoms with van der Waals surface area (Å²) in [4.78, 5) is 51.3. The average Bonchev–Trinajstić information content (AvgIpc) is 3.99. The van der Waals surface area contributed by atoms with Crippen LogP contribution in [0.5, 0.6) is 11.5 Å². The molecule has 1 aromatic carbocycles. The maximum absolute atomic E-state index is 14.2. The normalized spacial score (nSPS) is 26.2. The largest absolute Gasteiger partial charge is 0.495 e. The third kappa shape index (κ3) is 8.38. The maximum Gasteiger partial charge on any atom is 0.434 e. The third-order valence-corrected chi connectivity index (χ3v) is 13.3. The van der Waals surface area contributed by atoms with Crippen molar-refractivity contribution in [1.29, 1.82) is 0 Å². The molecule has 0 spiro atoms. The molecule has 4 N–H and O–H groups in total. The lowest BCUT2D eigenvalue weighted by atomic mass is 10.1. The van der Waals surface area contributed by atoms with Crippen LogP contribution in [-0.4, -0.2) is 83.6 Å². The second kappa shape index (κ2) is 15.7. The van der Waals surface area contributed by atoms with Crippen LogP contribution in [0.2, 0.25) is 5.02 Å². The van der Waals surface area contributed by atoms with Crippen molar-refractivity contribution in [2.75, 3.05) is 13.7 Å². The molecule has 298 valence electrons. The number of alkyl halides is 3. The van der Waals surface area contributed by atoms with Crippen molar-refractivity contribution in [1.82, 2.24) is 24.9 Å². The molecule has 1 saturated heterocycles. The minimum atomic E-state index is -4.68. The van der Waals surface area contributed by atoms with Crippen LogP contribution >= 0.6 is 35.3 Å². The van der Waals surface area contributed by atoms with E-state index in [9.17, 15) is 36.0 Å². The second-order valence-electron chi connectivity index (χ2n) is 14.1. The summed E-state index contributed by atoms with van der Waals surface area (Å²) in [5.74, 6) is -2.06. The summed E-state index contributed by atoms with van der Waals surface area (Å²) in [6.45, 7) is -0.0955. The number of nitrogens with two attached hydrogens (primary N) is 1. The number of carbonyl (C=O) groups is 3. The fourth-order valence-corrected chi connectivity index (χ4v) is 9.45. The lowest BCUT2D eigenvalue weighted by molar-refractivity contribution is -0.141. The monoisotopic (exact) mass is 846 g/mol. The first-order chi connectivity index (χ1) is 25.6. The Labute approximate surface area is 330 Å². The number of nitrogens with one attached hydrogen (secondary N) is 2. The minimum Gasteiger partial charge on any atom is -0.495 e. The molecule has 2 aromatic heterocycles. The highest BCUT2D eigenvalue weighted by molar-refractivity contribution is 7.91. The van der Waals surface area contributed by atoms with Crippen LogP contribution in [0.25, 0.3) is 21.6 Å². The van der Waals surface area contributed by atoms with Crippen LogP contribution in [0, 0.1) is 5.92 Å². The molecule has 3 amide bonds. The summed E-state index contributed by atoms with van der Waals surface area (Å²) < 4.78 is 79.9. The van der Waals surface area contributed by atoms with E-state index in [0.29, 0.717) is 37.5 Å². The van der Waals surface area contributed by atoms with Gasteiger partial charge in [0.2, 0.25) is 21.8 Å². The van der Waals surface area contributed by atoms with E-state index in [0.717, 1.165) is 29.6 Å². The van der Waals surface area contributed by atoms with Gasteiger partial charge in [-0.1, -0.05) is 36.6 Å². The van der Waals surface area contributed by atoms with E-state index in [1.54, 1.807) is 12.1 Å². The molecule has 0 bridgehead atoms. The number of hydrogen-bond acceptors (Lipinski definition) is 11. The van der Waals surface area contributed by atoms with Gasteiger partial charge in [-0.3, -0.25) is 19.1 Å². The van der Waals surface area contributed by atoms with Crippen molar-refractivity contribution >= 4 is 74.0 Å². The maximum atomic E-state index is 14.2. The van der Waals surface area contributed by atoms with Crippen molar-refractivity contribution in [2.24, 2.45) is 11.7 Å². The van der Waals surface area contributed by atoms with Crippen molar-refractivity contribution in [3.63, 3.8) is 0 Å². The summed E-state index contributed by atoms with van der Waals surface area (Å²) >= 11 is 7.37. The van der Waals surface area contributed by atoms with E-state index in [1.807, 2.05) is 12.2 Å². The van der Waals surface area contributed by atoms with Crippen LogP contribution in [0.4, 0.5) is 13.2 Å². The summed E-state index contributed by atoms with van der Waals surface area (Å²) in [6, 6.07) is 2.54.